The topological polar surface area (TPSA) is 55.6 Å². The standard InChI is InChI=1S/C10H15N5S/c1-4-11-10-14-13-9(15(10)5-2)8-7(3)12-6-16-8/h6H,4-5H2,1-3H3,(H,11,14). The normalized spacial score (nSPS) is 10.7. The van der Waals surface area contributed by atoms with Gasteiger partial charge in [-0.15, -0.1) is 21.5 Å². The van der Waals surface area contributed by atoms with Crippen molar-refractivity contribution in [1.82, 2.24) is 19.7 Å². The lowest BCUT2D eigenvalue weighted by atomic mass is 10.4. The van der Waals surface area contributed by atoms with E-state index in [9.17, 15) is 0 Å². The van der Waals surface area contributed by atoms with E-state index in [0.29, 0.717) is 0 Å². The van der Waals surface area contributed by atoms with Crippen molar-refractivity contribution in [2.24, 2.45) is 0 Å². The summed E-state index contributed by atoms with van der Waals surface area (Å²) in [6.07, 6.45) is 0. The van der Waals surface area contributed by atoms with Gasteiger partial charge in [-0.25, -0.2) is 4.98 Å². The minimum Gasteiger partial charge on any atom is -0.355 e. The van der Waals surface area contributed by atoms with Crippen LogP contribution in [0.1, 0.15) is 19.5 Å². The summed E-state index contributed by atoms with van der Waals surface area (Å²) in [4.78, 5) is 5.34. The third-order valence-electron chi connectivity index (χ3n) is 2.35. The summed E-state index contributed by atoms with van der Waals surface area (Å²) >= 11 is 1.60. The lowest BCUT2D eigenvalue weighted by Crippen LogP contribution is -2.06. The molecule has 0 bridgehead atoms. The molecule has 0 spiro atoms. The quantitative estimate of drug-likeness (QED) is 0.885. The second-order valence-corrected chi connectivity index (χ2v) is 4.24. The number of anilines is 1. The molecule has 5 nitrogen and oxygen atoms in total. The van der Waals surface area contributed by atoms with Crippen LogP contribution in [0, 0.1) is 6.92 Å². The van der Waals surface area contributed by atoms with Crippen LogP contribution in [-0.2, 0) is 6.54 Å². The van der Waals surface area contributed by atoms with E-state index in [2.05, 4.69) is 32.0 Å². The Morgan fingerprint density at radius 1 is 1.38 bits per heavy atom. The van der Waals surface area contributed by atoms with E-state index in [1.807, 2.05) is 19.4 Å². The van der Waals surface area contributed by atoms with Crippen molar-refractivity contribution in [2.75, 3.05) is 11.9 Å². The number of hydrogen-bond acceptors (Lipinski definition) is 5. The van der Waals surface area contributed by atoms with Crippen molar-refractivity contribution in [3.63, 3.8) is 0 Å². The SMILES string of the molecule is CCNc1nnc(-c2scnc2C)n1CC. The Labute approximate surface area is 98.5 Å². The molecule has 2 rings (SSSR count). The smallest absolute Gasteiger partial charge is 0.224 e. The molecule has 0 atom stereocenters. The Morgan fingerprint density at radius 2 is 2.19 bits per heavy atom. The summed E-state index contributed by atoms with van der Waals surface area (Å²) in [5, 5.41) is 11.6. The van der Waals surface area contributed by atoms with Crippen LogP contribution < -0.4 is 5.32 Å². The number of thiazole rings is 1. The first-order valence-corrected chi connectivity index (χ1v) is 6.23. The Kier molecular flexibility index (Phi) is 3.19. The van der Waals surface area contributed by atoms with Crippen LogP contribution in [0.3, 0.4) is 0 Å². The highest BCUT2D eigenvalue weighted by Gasteiger charge is 2.15. The van der Waals surface area contributed by atoms with Gasteiger partial charge in [-0.3, -0.25) is 4.57 Å². The average molecular weight is 237 g/mol. The molecular weight excluding hydrogens is 222 g/mol. The Hall–Kier alpha value is -1.43. The Balaban J connectivity index is 2.46. The Morgan fingerprint density at radius 3 is 2.75 bits per heavy atom. The first-order chi connectivity index (χ1) is 7.77. The van der Waals surface area contributed by atoms with Gasteiger partial charge in [0.25, 0.3) is 0 Å². The zero-order chi connectivity index (χ0) is 11.5. The fraction of sp³-hybridized carbons (Fsp3) is 0.500. The molecule has 6 heteroatoms. The number of nitrogens with one attached hydrogen (secondary N) is 1. The molecule has 1 N–H and O–H groups in total. The maximum atomic E-state index is 4.24. The average Bonchev–Trinajstić information content (AvgIpc) is 2.84. The predicted molar refractivity (Wildman–Crippen MR) is 65.7 cm³/mol. The molecule has 0 aromatic carbocycles. The molecular formula is C10H15N5S. The van der Waals surface area contributed by atoms with E-state index in [0.717, 1.165) is 35.4 Å². The first kappa shape index (κ1) is 11.1. The van der Waals surface area contributed by atoms with Gasteiger partial charge in [0, 0.05) is 13.1 Å². The van der Waals surface area contributed by atoms with Crippen LogP contribution in [0.4, 0.5) is 5.95 Å². The molecule has 0 saturated carbocycles. The number of aromatic nitrogens is 4. The highest BCUT2D eigenvalue weighted by molar-refractivity contribution is 7.13. The van der Waals surface area contributed by atoms with Crippen molar-refractivity contribution in [1.29, 1.82) is 0 Å². The van der Waals surface area contributed by atoms with Gasteiger partial charge < -0.3 is 5.32 Å². The highest BCUT2D eigenvalue weighted by atomic mass is 32.1. The molecule has 2 heterocycles. The summed E-state index contributed by atoms with van der Waals surface area (Å²) in [5.74, 6) is 1.73. The Bertz CT molecular complexity index is 473. The number of nitrogens with zero attached hydrogens (tertiary/aromatic N) is 4. The van der Waals surface area contributed by atoms with Crippen molar-refractivity contribution >= 4 is 17.3 Å². The number of aryl methyl sites for hydroxylation is 1. The molecule has 0 radical (unpaired) electrons. The van der Waals surface area contributed by atoms with Gasteiger partial charge in [-0.1, -0.05) is 0 Å². The fourth-order valence-corrected chi connectivity index (χ4v) is 2.37. The molecule has 0 fully saturated rings. The summed E-state index contributed by atoms with van der Waals surface area (Å²) in [6, 6.07) is 0. The van der Waals surface area contributed by atoms with Crippen molar-refractivity contribution in [3.05, 3.63) is 11.2 Å². The summed E-state index contributed by atoms with van der Waals surface area (Å²) in [6.45, 7) is 7.83. The van der Waals surface area contributed by atoms with Crippen LogP contribution in [0.15, 0.2) is 5.51 Å². The van der Waals surface area contributed by atoms with Crippen LogP contribution >= 0.6 is 11.3 Å². The first-order valence-electron chi connectivity index (χ1n) is 5.35. The fourth-order valence-electron chi connectivity index (χ4n) is 1.58. The summed E-state index contributed by atoms with van der Waals surface area (Å²) in [5.41, 5.74) is 2.85. The van der Waals surface area contributed by atoms with Crippen LogP contribution in [0.25, 0.3) is 10.7 Å². The van der Waals surface area contributed by atoms with Crippen molar-refractivity contribution in [2.45, 2.75) is 27.3 Å². The lowest BCUT2D eigenvalue weighted by molar-refractivity contribution is 0.771. The van der Waals surface area contributed by atoms with E-state index in [1.165, 1.54) is 0 Å². The molecule has 0 aliphatic rings. The molecule has 0 unspecified atom stereocenters. The van der Waals surface area contributed by atoms with Crippen molar-refractivity contribution in [3.8, 4) is 10.7 Å². The molecule has 2 aromatic heterocycles. The summed E-state index contributed by atoms with van der Waals surface area (Å²) < 4.78 is 2.07. The summed E-state index contributed by atoms with van der Waals surface area (Å²) in [7, 11) is 0. The van der Waals surface area contributed by atoms with Gasteiger partial charge in [0.05, 0.1) is 16.1 Å². The minimum atomic E-state index is 0.827. The van der Waals surface area contributed by atoms with Crippen LogP contribution in [-0.4, -0.2) is 26.3 Å². The second-order valence-electron chi connectivity index (χ2n) is 3.39. The van der Waals surface area contributed by atoms with Gasteiger partial charge in [0.1, 0.15) is 0 Å². The van der Waals surface area contributed by atoms with Gasteiger partial charge in [-0.2, -0.15) is 0 Å². The maximum Gasteiger partial charge on any atom is 0.224 e. The van der Waals surface area contributed by atoms with E-state index in [4.69, 9.17) is 0 Å². The molecule has 16 heavy (non-hydrogen) atoms. The van der Waals surface area contributed by atoms with Crippen LogP contribution in [0.2, 0.25) is 0 Å². The van der Waals surface area contributed by atoms with Gasteiger partial charge in [0.2, 0.25) is 5.95 Å². The molecule has 0 amide bonds. The van der Waals surface area contributed by atoms with E-state index in [-0.39, 0.29) is 0 Å². The van der Waals surface area contributed by atoms with Crippen LogP contribution in [0.5, 0.6) is 0 Å². The van der Waals surface area contributed by atoms with Gasteiger partial charge in [0.15, 0.2) is 5.82 Å². The minimum absolute atomic E-state index is 0.827. The largest absolute Gasteiger partial charge is 0.355 e. The molecule has 0 saturated heterocycles. The highest BCUT2D eigenvalue weighted by Crippen LogP contribution is 2.27. The molecule has 86 valence electrons. The lowest BCUT2D eigenvalue weighted by Gasteiger charge is -2.06. The zero-order valence-electron chi connectivity index (χ0n) is 9.69. The second kappa shape index (κ2) is 4.61. The van der Waals surface area contributed by atoms with Gasteiger partial charge >= 0.3 is 0 Å². The third-order valence-corrected chi connectivity index (χ3v) is 3.28. The molecule has 2 aromatic rings. The van der Waals surface area contributed by atoms with Crippen molar-refractivity contribution < 1.29 is 0 Å². The van der Waals surface area contributed by atoms with E-state index >= 15 is 0 Å². The van der Waals surface area contributed by atoms with E-state index < -0.39 is 0 Å². The van der Waals surface area contributed by atoms with E-state index in [1.54, 1.807) is 11.3 Å². The van der Waals surface area contributed by atoms with Gasteiger partial charge in [-0.05, 0) is 20.8 Å². The monoisotopic (exact) mass is 237 g/mol. The predicted octanol–water partition coefficient (Wildman–Crippen LogP) is 2.16. The molecule has 0 aliphatic heterocycles. The third kappa shape index (κ3) is 1.80. The molecule has 0 aliphatic carbocycles. The zero-order valence-corrected chi connectivity index (χ0v) is 10.5. The maximum absolute atomic E-state index is 4.24. The number of hydrogen-bond donors (Lipinski definition) is 1. The number of rotatable bonds is 4.